The van der Waals surface area contributed by atoms with Gasteiger partial charge in [0.1, 0.15) is 0 Å². The summed E-state index contributed by atoms with van der Waals surface area (Å²) in [6.07, 6.45) is 3.19. The Morgan fingerprint density at radius 2 is 1.72 bits per heavy atom. The quantitative estimate of drug-likeness (QED) is 0.519. The molecule has 172 valence electrons. The fourth-order valence-corrected chi connectivity index (χ4v) is 3.68. The molecule has 0 spiro atoms. The van der Waals surface area contributed by atoms with Crippen molar-refractivity contribution < 1.29 is 14.7 Å². The first-order valence-electron chi connectivity index (χ1n) is 11.2. The third-order valence-electron chi connectivity index (χ3n) is 5.36. The van der Waals surface area contributed by atoms with Crippen LogP contribution in [0.5, 0.6) is 0 Å². The maximum atomic E-state index is 12.9. The van der Waals surface area contributed by atoms with Crippen LogP contribution in [-0.2, 0) is 0 Å². The van der Waals surface area contributed by atoms with E-state index in [1.165, 1.54) is 0 Å². The summed E-state index contributed by atoms with van der Waals surface area (Å²) >= 11 is 0. The van der Waals surface area contributed by atoms with E-state index >= 15 is 0 Å². The number of anilines is 2. The molecule has 2 heterocycles. The topological polar surface area (TPSA) is 97.8 Å². The average Bonchev–Trinajstić information content (AvgIpc) is 2.81. The van der Waals surface area contributed by atoms with Crippen molar-refractivity contribution in [3.8, 4) is 0 Å². The number of nitrogens with zero attached hydrogens (tertiary/aromatic N) is 3. The smallest absolute Gasteiger partial charge is 0.253 e. The Labute approximate surface area is 189 Å². The molecule has 0 atom stereocenters. The predicted octanol–water partition coefficient (Wildman–Crippen LogP) is 2.37. The number of aliphatic hydroxyl groups is 1. The van der Waals surface area contributed by atoms with Crippen LogP contribution < -0.4 is 15.5 Å². The zero-order valence-corrected chi connectivity index (χ0v) is 18.9. The number of hydrogen-bond donors (Lipinski definition) is 3. The molecule has 3 rings (SSSR count). The molecule has 1 fully saturated rings. The molecular weight excluding hydrogens is 406 g/mol. The maximum Gasteiger partial charge on any atom is 0.253 e. The molecule has 1 aromatic heterocycles. The zero-order valence-electron chi connectivity index (χ0n) is 18.9. The molecule has 1 aromatic carbocycles. The average molecular weight is 440 g/mol. The Morgan fingerprint density at radius 3 is 2.38 bits per heavy atom. The molecule has 3 N–H and O–H groups in total. The summed E-state index contributed by atoms with van der Waals surface area (Å²) in [5, 5.41) is 15.1. The van der Waals surface area contributed by atoms with E-state index in [1.807, 2.05) is 17.0 Å². The summed E-state index contributed by atoms with van der Waals surface area (Å²) in [7, 11) is 0. The monoisotopic (exact) mass is 439 g/mol. The first-order valence-corrected chi connectivity index (χ1v) is 11.2. The SMILES string of the molecule is CC(C)Nc1cccnc1N1CCN(C(=O)c2ccc(C(=O)NCCCCO)cc2)CC1. The second kappa shape index (κ2) is 11.5. The van der Waals surface area contributed by atoms with Gasteiger partial charge in [-0.25, -0.2) is 4.98 Å². The standard InChI is InChI=1S/C24H33N5O3/c1-18(2)27-21-6-5-12-25-22(21)28-13-15-29(16-14-28)24(32)20-9-7-19(8-10-20)23(31)26-11-3-4-17-30/h5-10,12,18,27,30H,3-4,11,13-17H2,1-2H3,(H,26,31). The minimum Gasteiger partial charge on any atom is -0.396 e. The van der Waals surface area contributed by atoms with E-state index in [9.17, 15) is 9.59 Å². The predicted molar refractivity (Wildman–Crippen MR) is 126 cm³/mol. The van der Waals surface area contributed by atoms with Crippen LogP contribution in [0.15, 0.2) is 42.6 Å². The van der Waals surface area contributed by atoms with Crippen molar-refractivity contribution >= 4 is 23.3 Å². The number of hydrogen-bond acceptors (Lipinski definition) is 6. The summed E-state index contributed by atoms with van der Waals surface area (Å²) in [4.78, 5) is 33.7. The van der Waals surface area contributed by atoms with Gasteiger partial charge in [0.05, 0.1) is 5.69 Å². The van der Waals surface area contributed by atoms with Gasteiger partial charge in [-0.3, -0.25) is 9.59 Å². The Morgan fingerprint density at radius 1 is 1.03 bits per heavy atom. The summed E-state index contributed by atoms with van der Waals surface area (Å²) < 4.78 is 0. The third-order valence-corrected chi connectivity index (χ3v) is 5.36. The van der Waals surface area contributed by atoms with Crippen molar-refractivity contribution in [2.24, 2.45) is 0 Å². The van der Waals surface area contributed by atoms with Crippen LogP contribution in [0.25, 0.3) is 0 Å². The van der Waals surface area contributed by atoms with Gasteiger partial charge in [0.15, 0.2) is 5.82 Å². The van der Waals surface area contributed by atoms with Crippen molar-refractivity contribution in [2.45, 2.75) is 32.7 Å². The number of aliphatic hydroxyl groups excluding tert-OH is 1. The minimum absolute atomic E-state index is 0.0268. The van der Waals surface area contributed by atoms with Crippen LogP contribution in [0, 0.1) is 0 Å². The van der Waals surface area contributed by atoms with Crippen molar-refractivity contribution in [3.63, 3.8) is 0 Å². The Balaban J connectivity index is 1.55. The Hall–Kier alpha value is -3.13. The maximum absolute atomic E-state index is 12.9. The van der Waals surface area contributed by atoms with Gasteiger partial charge in [0.25, 0.3) is 11.8 Å². The molecular formula is C24H33N5O3. The molecule has 2 aromatic rings. The lowest BCUT2D eigenvalue weighted by atomic mass is 10.1. The first kappa shape index (κ1) is 23.5. The van der Waals surface area contributed by atoms with Gasteiger partial charge >= 0.3 is 0 Å². The van der Waals surface area contributed by atoms with Crippen molar-refractivity contribution in [2.75, 3.05) is 49.5 Å². The minimum atomic E-state index is -0.170. The number of benzene rings is 1. The third kappa shape index (κ3) is 6.20. The van der Waals surface area contributed by atoms with Gasteiger partial charge in [0.2, 0.25) is 0 Å². The van der Waals surface area contributed by atoms with Crippen molar-refractivity contribution in [3.05, 3.63) is 53.7 Å². The molecule has 0 bridgehead atoms. The number of amides is 2. The van der Waals surface area contributed by atoms with Gasteiger partial charge in [-0.05, 0) is 63.1 Å². The number of rotatable bonds is 9. The second-order valence-corrected chi connectivity index (χ2v) is 8.22. The molecule has 8 nitrogen and oxygen atoms in total. The van der Waals surface area contributed by atoms with E-state index in [2.05, 4.69) is 34.4 Å². The molecule has 1 aliphatic heterocycles. The summed E-state index contributed by atoms with van der Waals surface area (Å²) in [6.45, 7) is 7.49. The summed E-state index contributed by atoms with van der Waals surface area (Å²) in [5.74, 6) is 0.723. The summed E-state index contributed by atoms with van der Waals surface area (Å²) in [5.41, 5.74) is 2.11. The van der Waals surface area contributed by atoms with Crippen LogP contribution in [0.1, 0.15) is 47.4 Å². The highest BCUT2D eigenvalue weighted by molar-refractivity contribution is 5.98. The Kier molecular flexibility index (Phi) is 8.44. The van der Waals surface area contributed by atoms with Gasteiger partial charge in [0, 0.05) is 62.7 Å². The van der Waals surface area contributed by atoms with Gasteiger partial charge in [-0.1, -0.05) is 0 Å². The van der Waals surface area contributed by atoms with Crippen LogP contribution in [0.4, 0.5) is 11.5 Å². The van der Waals surface area contributed by atoms with E-state index < -0.39 is 0 Å². The lowest BCUT2D eigenvalue weighted by Crippen LogP contribution is -2.49. The Bertz CT molecular complexity index is 893. The van der Waals surface area contributed by atoms with E-state index in [0.717, 1.165) is 17.9 Å². The fraction of sp³-hybridized carbons (Fsp3) is 0.458. The highest BCUT2D eigenvalue weighted by Crippen LogP contribution is 2.25. The van der Waals surface area contributed by atoms with Crippen molar-refractivity contribution in [1.29, 1.82) is 0 Å². The zero-order chi connectivity index (χ0) is 22.9. The molecule has 0 saturated carbocycles. The number of carbonyl (C=O) groups is 2. The van der Waals surface area contributed by atoms with Gasteiger partial charge in [-0.15, -0.1) is 0 Å². The van der Waals surface area contributed by atoms with Gasteiger partial charge in [-0.2, -0.15) is 0 Å². The van der Waals surface area contributed by atoms with E-state index in [4.69, 9.17) is 5.11 Å². The largest absolute Gasteiger partial charge is 0.396 e. The second-order valence-electron chi connectivity index (χ2n) is 8.22. The molecule has 1 aliphatic rings. The van der Waals surface area contributed by atoms with E-state index in [1.54, 1.807) is 30.5 Å². The molecule has 32 heavy (non-hydrogen) atoms. The van der Waals surface area contributed by atoms with Gasteiger partial charge < -0.3 is 25.5 Å². The number of carbonyl (C=O) groups excluding carboxylic acids is 2. The summed E-state index contributed by atoms with van der Waals surface area (Å²) in [6, 6.07) is 11.1. The van der Waals surface area contributed by atoms with E-state index in [0.29, 0.717) is 56.3 Å². The molecule has 1 saturated heterocycles. The van der Waals surface area contributed by atoms with Crippen LogP contribution in [-0.4, -0.2) is 72.2 Å². The number of aromatic nitrogens is 1. The van der Waals surface area contributed by atoms with Crippen LogP contribution in [0.3, 0.4) is 0 Å². The normalized spacial score (nSPS) is 13.9. The van der Waals surface area contributed by atoms with Crippen LogP contribution >= 0.6 is 0 Å². The molecule has 0 aliphatic carbocycles. The highest BCUT2D eigenvalue weighted by atomic mass is 16.3. The van der Waals surface area contributed by atoms with Crippen LogP contribution in [0.2, 0.25) is 0 Å². The molecule has 0 unspecified atom stereocenters. The van der Waals surface area contributed by atoms with Crippen molar-refractivity contribution in [1.82, 2.24) is 15.2 Å². The molecule has 8 heteroatoms. The molecule has 2 amide bonds. The number of nitrogens with one attached hydrogen (secondary N) is 2. The number of unbranched alkanes of at least 4 members (excludes halogenated alkanes) is 1. The number of pyridine rings is 1. The lowest BCUT2D eigenvalue weighted by Gasteiger charge is -2.36. The molecule has 0 radical (unpaired) electrons. The fourth-order valence-electron chi connectivity index (χ4n) is 3.68. The highest BCUT2D eigenvalue weighted by Gasteiger charge is 2.24. The van der Waals surface area contributed by atoms with E-state index in [-0.39, 0.29) is 18.4 Å². The number of piperazine rings is 1. The first-order chi connectivity index (χ1) is 15.5. The lowest BCUT2D eigenvalue weighted by molar-refractivity contribution is 0.0746.